The van der Waals surface area contributed by atoms with Crippen LogP contribution in [0.15, 0.2) is 114 Å². The molecule has 2 aromatic heterocycles. The number of para-hydroxylation sites is 2. The molecule has 2 aliphatic rings. The highest BCUT2D eigenvalue weighted by molar-refractivity contribution is 6.09. The average molecular weight is 538 g/mol. The van der Waals surface area contributed by atoms with Gasteiger partial charge in [-0.3, -0.25) is 0 Å². The summed E-state index contributed by atoms with van der Waals surface area (Å²) in [4.78, 5) is 0. The molecule has 41 heavy (non-hydrogen) atoms. The molecule has 1 fully saturated rings. The van der Waals surface area contributed by atoms with Crippen LogP contribution in [0.2, 0.25) is 0 Å². The lowest BCUT2D eigenvalue weighted by Gasteiger charge is -2.25. The molecule has 0 amide bonds. The minimum absolute atomic E-state index is 0.489. The van der Waals surface area contributed by atoms with Gasteiger partial charge in [-0.2, -0.15) is 0 Å². The first kappa shape index (κ1) is 24.2. The normalized spacial score (nSPS) is 20.3. The van der Waals surface area contributed by atoms with Crippen LogP contribution in [0, 0.1) is 23.7 Å². The fourth-order valence-electron chi connectivity index (χ4n) is 6.96. The topological polar surface area (TPSA) is 53.1 Å². The van der Waals surface area contributed by atoms with E-state index in [1.54, 1.807) is 0 Å². The van der Waals surface area contributed by atoms with Crippen LogP contribution in [0.3, 0.4) is 0 Å². The first-order valence-electron chi connectivity index (χ1n) is 14.6. The molecule has 4 unspecified atom stereocenters. The molecule has 1 saturated carbocycles. The Kier molecular flexibility index (Phi) is 5.76. The Balaban J connectivity index is 1.01. The lowest BCUT2D eigenvalue weighted by molar-refractivity contribution is 0.189. The second-order valence-electron chi connectivity index (χ2n) is 11.6. The van der Waals surface area contributed by atoms with E-state index >= 15 is 0 Å². The summed E-state index contributed by atoms with van der Waals surface area (Å²) >= 11 is 0. The van der Waals surface area contributed by atoms with E-state index in [4.69, 9.17) is 9.15 Å². The van der Waals surface area contributed by atoms with Crippen molar-refractivity contribution < 1.29 is 9.15 Å². The van der Waals surface area contributed by atoms with E-state index < -0.39 is 0 Å². The van der Waals surface area contributed by atoms with E-state index in [2.05, 4.69) is 94.5 Å². The third kappa shape index (κ3) is 4.24. The Morgan fingerprint density at radius 3 is 2.17 bits per heavy atom. The third-order valence-electron chi connectivity index (χ3n) is 9.03. The van der Waals surface area contributed by atoms with Crippen molar-refractivity contribution in [3.8, 4) is 34.3 Å². The summed E-state index contributed by atoms with van der Waals surface area (Å²) in [5.41, 5.74) is 5.20. The van der Waals surface area contributed by atoms with Gasteiger partial charge in [-0.05, 0) is 91.1 Å². The van der Waals surface area contributed by atoms with Gasteiger partial charge in [0.25, 0.3) is 0 Å². The lowest BCUT2D eigenvalue weighted by atomic mass is 9.83. The largest absolute Gasteiger partial charge is 0.493 e. The van der Waals surface area contributed by atoms with Gasteiger partial charge in [0.15, 0.2) is 0 Å². The van der Waals surface area contributed by atoms with Crippen molar-refractivity contribution >= 4 is 21.8 Å². The number of ether oxygens (including phenoxy) is 1. The molecule has 5 heteroatoms. The van der Waals surface area contributed by atoms with Crippen LogP contribution in [-0.2, 0) is 0 Å². The van der Waals surface area contributed by atoms with Gasteiger partial charge in [0, 0.05) is 27.6 Å². The Hall–Kier alpha value is -4.64. The van der Waals surface area contributed by atoms with Gasteiger partial charge in [0.05, 0.1) is 17.6 Å². The molecule has 2 heterocycles. The second-order valence-corrected chi connectivity index (χ2v) is 11.6. The Labute approximate surface area is 239 Å². The number of hydrogen-bond acceptors (Lipinski definition) is 4. The molecule has 2 aliphatic carbocycles. The van der Waals surface area contributed by atoms with Gasteiger partial charge in [0.1, 0.15) is 5.75 Å². The molecule has 0 saturated heterocycles. The molecular weight excluding hydrogens is 506 g/mol. The maximum Gasteiger partial charge on any atom is 0.248 e. The zero-order valence-electron chi connectivity index (χ0n) is 23.0. The summed E-state index contributed by atoms with van der Waals surface area (Å²) in [6, 6.07) is 33.3. The smallest absolute Gasteiger partial charge is 0.248 e. The standard InChI is InChI=1S/C36H31N3O2/c1-23(32-20-24-13-14-26(32)19-24)22-40-29-8-6-7-27(21-29)36-38-37-35(41-36)25-15-17-28(18-16-25)39-33-11-4-2-9-30(33)31-10-3-5-12-34(31)39/h2-18,21,23-24,26,32H,19-20,22H2,1H3. The molecule has 0 aliphatic heterocycles. The predicted molar refractivity (Wildman–Crippen MR) is 163 cm³/mol. The van der Waals surface area contributed by atoms with Crippen LogP contribution in [0.25, 0.3) is 50.4 Å². The first-order chi connectivity index (χ1) is 20.2. The van der Waals surface area contributed by atoms with Crippen LogP contribution in [0.5, 0.6) is 5.75 Å². The van der Waals surface area contributed by atoms with Crippen LogP contribution >= 0.6 is 0 Å². The molecule has 2 bridgehead atoms. The van der Waals surface area contributed by atoms with Crippen molar-refractivity contribution in [2.75, 3.05) is 6.61 Å². The Bertz CT molecular complexity index is 1840. The fourth-order valence-corrected chi connectivity index (χ4v) is 6.96. The van der Waals surface area contributed by atoms with Crippen molar-refractivity contribution in [2.24, 2.45) is 23.7 Å². The van der Waals surface area contributed by atoms with E-state index in [1.165, 1.54) is 34.6 Å². The third-order valence-corrected chi connectivity index (χ3v) is 9.03. The maximum atomic E-state index is 6.23. The number of allylic oxidation sites excluding steroid dienone is 2. The number of hydrogen-bond donors (Lipinski definition) is 0. The monoisotopic (exact) mass is 537 g/mol. The second kappa shape index (κ2) is 9.77. The highest BCUT2D eigenvalue weighted by Crippen LogP contribution is 2.46. The quantitative estimate of drug-likeness (QED) is 0.191. The molecule has 0 N–H and O–H groups in total. The summed E-state index contributed by atoms with van der Waals surface area (Å²) in [7, 11) is 0. The van der Waals surface area contributed by atoms with Crippen LogP contribution in [0.1, 0.15) is 19.8 Å². The predicted octanol–water partition coefficient (Wildman–Crippen LogP) is 8.73. The van der Waals surface area contributed by atoms with Crippen molar-refractivity contribution in [1.82, 2.24) is 14.8 Å². The summed E-state index contributed by atoms with van der Waals surface area (Å²) in [5.74, 6) is 4.60. The Morgan fingerprint density at radius 2 is 1.49 bits per heavy atom. The van der Waals surface area contributed by atoms with Crippen LogP contribution < -0.4 is 4.74 Å². The van der Waals surface area contributed by atoms with Crippen LogP contribution in [-0.4, -0.2) is 21.4 Å². The SMILES string of the molecule is CC(COc1cccc(-c2nnc(-c3ccc(-n4c5ccccc5c5ccccc54)cc3)o2)c1)C1CC2C=CC1C2. The van der Waals surface area contributed by atoms with Crippen molar-refractivity contribution in [3.63, 3.8) is 0 Å². The van der Waals surface area contributed by atoms with Crippen molar-refractivity contribution in [1.29, 1.82) is 0 Å². The van der Waals surface area contributed by atoms with Gasteiger partial charge in [-0.15, -0.1) is 10.2 Å². The van der Waals surface area contributed by atoms with E-state index in [0.29, 0.717) is 17.7 Å². The minimum Gasteiger partial charge on any atom is -0.493 e. The van der Waals surface area contributed by atoms with Gasteiger partial charge in [-0.25, -0.2) is 0 Å². The summed E-state index contributed by atoms with van der Waals surface area (Å²) in [6.07, 6.45) is 7.45. The summed E-state index contributed by atoms with van der Waals surface area (Å²) < 4.78 is 14.7. The van der Waals surface area contributed by atoms with E-state index in [1.807, 2.05) is 36.4 Å². The highest BCUT2D eigenvalue weighted by Gasteiger charge is 2.38. The molecule has 0 radical (unpaired) electrons. The number of rotatable bonds is 7. The minimum atomic E-state index is 0.489. The van der Waals surface area contributed by atoms with E-state index in [-0.39, 0.29) is 0 Å². The number of aromatic nitrogens is 3. The Morgan fingerprint density at radius 1 is 0.780 bits per heavy atom. The molecule has 5 nitrogen and oxygen atoms in total. The zero-order chi connectivity index (χ0) is 27.3. The molecule has 202 valence electrons. The van der Waals surface area contributed by atoms with Gasteiger partial charge in [-0.1, -0.05) is 61.5 Å². The summed E-state index contributed by atoms with van der Waals surface area (Å²) in [5, 5.41) is 11.2. The first-order valence-corrected chi connectivity index (χ1v) is 14.6. The van der Waals surface area contributed by atoms with Gasteiger partial charge in [0.2, 0.25) is 11.8 Å². The highest BCUT2D eigenvalue weighted by atomic mass is 16.5. The maximum absolute atomic E-state index is 6.23. The molecule has 4 aromatic carbocycles. The molecule has 8 rings (SSSR count). The van der Waals surface area contributed by atoms with Crippen LogP contribution in [0.4, 0.5) is 0 Å². The number of fused-ring (bicyclic) bond motifs is 5. The van der Waals surface area contributed by atoms with Gasteiger partial charge >= 0.3 is 0 Å². The molecule has 0 spiro atoms. The molecular formula is C36H31N3O2. The molecule has 6 aromatic rings. The average Bonchev–Trinajstić information content (AvgIpc) is 3.83. The van der Waals surface area contributed by atoms with Crippen molar-refractivity contribution in [3.05, 3.63) is 109 Å². The van der Waals surface area contributed by atoms with Crippen molar-refractivity contribution in [2.45, 2.75) is 19.8 Å². The zero-order valence-corrected chi connectivity index (χ0v) is 23.0. The van der Waals surface area contributed by atoms with Gasteiger partial charge < -0.3 is 13.7 Å². The lowest BCUT2D eigenvalue weighted by Crippen LogP contribution is -2.22. The molecule has 4 atom stereocenters. The number of benzene rings is 4. The fraction of sp³-hybridized carbons (Fsp3) is 0.222. The number of nitrogens with zero attached hydrogens (tertiary/aromatic N) is 3. The van der Waals surface area contributed by atoms with E-state index in [0.717, 1.165) is 46.9 Å². The van der Waals surface area contributed by atoms with E-state index in [9.17, 15) is 0 Å². The summed E-state index contributed by atoms with van der Waals surface area (Å²) in [6.45, 7) is 3.04.